The van der Waals surface area contributed by atoms with Crippen LogP contribution in [0.1, 0.15) is 64.7 Å². The zero-order valence-corrected chi connectivity index (χ0v) is 19.0. The minimum Gasteiger partial charge on any atom is -0.465 e. The third kappa shape index (κ3) is 5.51. The van der Waals surface area contributed by atoms with Crippen molar-refractivity contribution in [2.24, 2.45) is 5.73 Å². The van der Waals surface area contributed by atoms with Crippen LogP contribution in [0.5, 0.6) is 0 Å². The third-order valence-corrected chi connectivity index (χ3v) is 5.48. The highest BCUT2D eigenvalue weighted by Gasteiger charge is 2.24. The van der Waals surface area contributed by atoms with Crippen molar-refractivity contribution < 1.29 is 14.3 Å². The maximum atomic E-state index is 12.4. The van der Waals surface area contributed by atoms with Crippen molar-refractivity contribution >= 4 is 11.9 Å². The molecule has 0 aliphatic carbocycles. The lowest BCUT2D eigenvalue weighted by atomic mass is 9.96. The monoisotopic (exact) mass is 413 g/mol. The Bertz CT molecular complexity index is 867. The van der Waals surface area contributed by atoms with E-state index in [2.05, 4.69) is 30.5 Å². The Kier molecular flexibility index (Phi) is 8.66. The molecule has 0 bridgehead atoms. The first kappa shape index (κ1) is 23.7. The Balaban J connectivity index is 2.56. The van der Waals surface area contributed by atoms with Gasteiger partial charge < -0.3 is 19.9 Å². The number of hydrogen-bond acceptors (Lipinski definition) is 4. The predicted octanol–water partition coefficient (Wildman–Crippen LogP) is 4.03. The molecule has 0 atom stereocenters. The van der Waals surface area contributed by atoms with Gasteiger partial charge in [-0.3, -0.25) is 4.79 Å². The second-order valence-electron chi connectivity index (χ2n) is 7.98. The predicted molar refractivity (Wildman–Crippen MR) is 121 cm³/mol. The van der Waals surface area contributed by atoms with Crippen molar-refractivity contribution in [2.75, 3.05) is 27.7 Å². The van der Waals surface area contributed by atoms with Gasteiger partial charge in [0.25, 0.3) is 5.91 Å². The molecule has 0 aliphatic heterocycles. The lowest BCUT2D eigenvalue weighted by Gasteiger charge is -2.15. The van der Waals surface area contributed by atoms with E-state index in [1.807, 2.05) is 19.1 Å². The van der Waals surface area contributed by atoms with Gasteiger partial charge in [0.15, 0.2) is 0 Å². The zero-order chi connectivity index (χ0) is 22.3. The minimum atomic E-state index is -0.414. The van der Waals surface area contributed by atoms with E-state index in [9.17, 15) is 9.59 Å². The van der Waals surface area contributed by atoms with Crippen molar-refractivity contribution in [3.8, 4) is 11.1 Å². The van der Waals surface area contributed by atoms with Crippen LogP contribution in [0.25, 0.3) is 11.1 Å². The quantitative estimate of drug-likeness (QED) is 0.446. The largest absolute Gasteiger partial charge is 0.465 e. The molecule has 0 saturated heterocycles. The number of unbranched alkanes of at least 4 members (excludes halogenated alkanes) is 2. The van der Waals surface area contributed by atoms with E-state index in [1.54, 1.807) is 12.1 Å². The second-order valence-corrected chi connectivity index (χ2v) is 7.98. The average Bonchev–Trinajstić information content (AvgIpc) is 2.99. The molecule has 1 amide bonds. The first-order chi connectivity index (χ1) is 14.3. The van der Waals surface area contributed by atoms with Crippen molar-refractivity contribution in [3.05, 3.63) is 46.8 Å². The smallest absolute Gasteiger partial charge is 0.337 e. The maximum Gasteiger partial charge on any atom is 0.337 e. The summed E-state index contributed by atoms with van der Waals surface area (Å²) in [7, 11) is 5.49. The number of benzene rings is 1. The van der Waals surface area contributed by atoms with Gasteiger partial charge in [-0.05, 0) is 64.5 Å². The number of carbonyl (C=O) groups is 2. The zero-order valence-electron chi connectivity index (χ0n) is 19.0. The molecule has 2 rings (SSSR count). The Hall–Kier alpha value is -2.60. The molecule has 1 aromatic heterocycles. The van der Waals surface area contributed by atoms with Crippen molar-refractivity contribution in [3.63, 3.8) is 0 Å². The number of rotatable bonds is 11. The van der Waals surface area contributed by atoms with Gasteiger partial charge in [0.1, 0.15) is 0 Å². The number of ether oxygens (including phenoxy) is 1. The van der Waals surface area contributed by atoms with Crippen molar-refractivity contribution in [1.82, 2.24) is 9.47 Å². The molecule has 0 aliphatic rings. The molecule has 164 valence electrons. The summed E-state index contributed by atoms with van der Waals surface area (Å²) in [6.07, 6.45) is 5.19. The van der Waals surface area contributed by atoms with Crippen LogP contribution in [0, 0.1) is 6.92 Å². The Morgan fingerprint density at radius 2 is 1.77 bits per heavy atom. The summed E-state index contributed by atoms with van der Waals surface area (Å²) in [6.45, 7) is 5.97. The van der Waals surface area contributed by atoms with Crippen LogP contribution in [-0.2, 0) is 17.7 Å². The van der Waals surface area contributed by atoms with Gasteiger partial charge in [-0.15, -0.1) is 0 Å². The number of hydrogen-bond donors (Lipinski definition) is 1. The van der Waals surface area contributed by atoms with Crippen LogP contribution in [0.15, 0.2) is 24.3 Å². The SMILES string of the molecule is CCCCCc1c(-c2ccc(C(=O)OC)cc2)c(C(N)=O)c(C)n1CCCN(C)C. The van der Waals surface area contributed by atoms with Crippen LogP contribution >= 0.6 is 0 Å². The van der Waals surface area contributed by atoms with E-state index in [0.717, 1.165) is 67.7 Å². The fourth-order valence-electron chi connectivity index (χ4n) is 3.95. The molecule has 6 nitrogen and oxygen atoms in total. The normalized spacial score (nSPS) is 11.1. The number of methoxy groups -OCH3 is 1. The van der Waals surface area contributed by atoms with Gasteiger partial charge in [-0.25, -0.2) is 4.79 Å². The third-order valence-electron chi connectivity index (χ3n) is 5.48. The summed E-state index contributed by atoms with van der Waals surface area (Å²) in [4.78, 5) is 26.4. The van der Waals surface area contributed by atoms with Gasteiger partial charge >= 0.3 is 5.97 Å². The van der Waals surface area contributed by atoms with Gasteiger partial charge in [-0.2, -0.15) is 0 Å². The van der Waals surface area contributed by atoms with Crippen LogP contribution in [-0.4, -0.2) is 49.1 Å². The number of nitrogens with two attached hydrogens (primary N) is 1. The van der Waals surface area contributed by atoms with E-state index in [-0.39, 0.29) is 5.97 Å². The number of amides is 1. The van der Waals surface area contributed by atoms with Gasteiger partial charge in [0.05, 0.1) is 18.2 Å². The minimum absolute atomic E-state index is 0.378. The Morgan fingerprint density at radius 1 is 1.10 bits per heavy atom. The molecule has 0 unspecified atom stereocenters. The molecule has 0 fully saturated rings. The number of esters is 1. The van der Waals surface area contributed by atoms with E-state index in [0.29, 0.717) is 11.1 Å². The van der Waals surface area contributed by atoms with Crippen LogP contribution in [0.3, 0.4) is 0 Å². The molecular formula is C24H35N3O3. The first-order valence-corrected chi connectivity index (χ1v) is 10.7. The second kappa shape index (κ2) is 11.0. The molecule has 2 N–H and O–H groups in total. The molecular weight excluding hydrogens is 378 g/mol. The molecule has 2 aromatic rings. The Morgan fingerprint density at radius 3 is 2.30 bits per heavy atom. The van der Waals surface area contributed by atoms with Crippen LogP contribution < -0.4 is 5.73 Å². The van der Waals surface area contributed by atoms with Gasteiger partial charge in [-0.1, -0.05) is 31.9 Å². The molecule has 0 saturated carbocycles. The lowest BCUT2D eigenvalue weighted by Crippen LogP contribution is -2.17. The van der Waals surface area contributed by atoms with E-state index in [4.69, 9.17) is 10.5 Å². The maximum absolute atomic E-state index is 12.4. The molecule has 0 spiro atoms. The van der Waals surface area contributed by atoms with Crippen molar-refractivity contribution in [2.45, 2.75) is 52.5 Å². The fraction of sp³-hybridized carbons (Fsp3) is 0.500. The number of primary amides is 1. The molecule has 0 radical (unpaired) electrons. The highest BCUT2D eigenvalue weighted by Crippen LogP contribution is 2.34. The highest BCUT2D eigenvalue weighted by molar-refractivity contribution is 6.02. The number of nitrogens with zero attached hydrogens (tertiary/aromatic N) is 2. The summed E-state index contributed by atoms with van der Waals surface area (Å²) in [6, 6.07) is 7.23. The first-order valence-electron chi connectivity index (χ1n) is 10.7. The van der Waals surface area contributed by atoms with E-state index in [1.165, 1.54) is 7.11 Å². The fourth-order valence-corrected chi connectivity index (χ4v) is 3.95. The summed E-state index contributed by atoms with van der Waals surface area (Å²) in [5.74, 6) is -0.792. The van der Waals surface area contributed by atoms with E-state index < -0.39 is 5.91 Å². The van der Waals surface area contributed by atoms with Gasteiger partial charge in [0.2, 0.25) is 0 Å². The standard InChI is InChI=1S/C24H35N3O3/c1-6-7-8-10-20-22(18-11-13-19(14-12-18)24(29)30-5)21(23(25)28)17(2)27(20)16-9-15-26(3)4/h11-14H,6-10,15-16H2,1-5H3,(H2,25,28). The lowest BCUT2D eigenvalue weighted by molar-refractivity contribution is 0.0600. The van der Waals surface area contributed by atoms with Gasteiger partial charge in [0, 0.05) is 23.5 Å². The summed E-state index contributed by atoms with van der Waals surface area (Å²) < 4.78 is 7.07. The number of carbonyl (C=O) groups excluding carboxylic acids is 2. The summed E-state index contributed by atoms with van der Waals surface area (Å²) >= 11 is 0. The van der Waals surface area contributed by atoms with E-state index >= 15 is 0 Å². The Labute approximate surface area is 180 Å². The average molecular weight is 414 g/mol. The number of aromatic nitrogens is 1. The molecule has 6 heteroatoms. The van der Waals surface area contributed by atoms with Crippen LogP contribution in [0.2, 0.25) is 0 Å². The molecule has 30 heavy (non-hydrogen) atoms. The molecule has 1 aromatic carbocycles. The summed E-state index contributed by atoms with van der Waals surface area (Å²) in [5.41, 5.74) is 10.8. The van der Waals surface area contributed by atoms with Crippen LogP contribution in [0.4, 0.5) is 0 Å². The summed E-state index contributed by atoms with van der Waals surface area (Å²) in [5, 5.41) is 0. The highest BCUT2D eigenvalue weighted by atomic mass is 16.5. The topological polar surface area (TPSA) is 77.6 Å². The van der Waals surface area contributed by atoms with Crippen molar-refractivity contribution in [1.29, 1.82) is 0 Å². The molecule has 1 heterocycles.